The highest BCUT2D eigenvalue weighted by molar-refractivity contribution is 7.99. The van der Waals surface area contributed by atoms with Crippen molar-refractivity contribution in [2.75, 3.05) is 32.1 Å². The molecule has 7 nitrogen and oxygen atoms in total. The smallest absolute Gasteiger partial charge is 0.223 e. The molecule has 140 valence electrons. The zero-order valence-corrected chi connectivity index (χ0v) is 15.6. The summed E-state index contributed by atoms with van der Waals surface area (Å²) in [6.07, 6.45) is 2.11. The van der Waals surface area contributed by atoms with Gasteiger partial charge in [-0.25, -0.2) is 4.98 Å². The number of aromatic amines is 1. The number of carbonyl (C=O) groups is 1. The summed E-state index contributed by atoms with van der Waals surface area (Å²) >= 11 is 1.60. The van der Waals surface area contributed by atoms with E-state index < -0.39 is 0 Å². The van der Waals surface area contributed by atoms with Gasteiger partial charge in [0, 0.05) is 23.6 Å². The van der Waals surface area contributed by atoms with Crippen LogP contribution in [0.2, 0.25) is 0 Å². The first-order valence-electron chi connectivity index (χ1n) is 8.57. The largest absolute Gasteiger partial charge is 0.486 e. The number of nitrogens with one attached hydrogen (secondary N) is 1. The molecule has 0 radical (unpaired) electrons. The van der Waals surface area contributed by atoms with Crippen molar-refractivity contribution in [3.63, 3.8) is 0 Å². The maximum absolute atomic E-state index is 12.5. The second kappa shape index (κ2) is 8.95. The highest BCUT2D eigenvalue weighted by Crippen LogP contribution is 2.34. The number of hydrogen-bond donors (Lipinski definition) is 2. The lowest BCUT2D eigenvalue weighted by Crippen LogP contribution is -2.33. The fourth-order valence-electron chi connectivity index (χ4n) is 2.70. The Morgan fingerprint density at radius 1 is 1.35 bits per heavy atom. The molecule has 0 spiro atoms. The molecular weight excluding hydrogens is 354 g/mol. The van der Waals surface area contributed by atoms with E-state index in [1.54, 1.807) is 22.9 Å². The van der Waals surface area contributed by atoms with Crippen molar-refractivity contribution < 1.29 is 19.4 Å². The number of fused-ring (bicyclic) bond motifs is 1. The topological polar surface area (TPSA) is 87.7 Å². The van der Waals surface area contributed by atoms with E-state index in [4.69, 9.17) is 9.47 Å². The van der Waals surface area contributed by atoms with Crippen molar-refractivity contribution in [1.29, 1.82) is 0 Å². The van der Waals surface area contributed by atoms with Crippen molar-refractivity contribution in [3.05, 3.63) is 35.9 Å². The van der Waals surface area contributed by atoms with Gasteiger partial charge < -0.3 is 24.5 Å². The van der Waals surface area contributed by atoms with Crippen LogP contribution < -0.4 is 9.47 Å². The van der Waals surface area contributed by atoms with Crippen LogP contribution >= 0.6 is 11.8 Å². The van der Waals surface area contributed by atoms with Gasteiger partial charge in [-0.05, 0) is 25.1 Å². The van der Waals surface area contributed by atoms with Gasteiger partial charge in [-0.2, -0.15) is 0 Å². The number of ether oxygens (including phenoxy) is 2. The molecule has 1 aromatic heterocycles. The fourth-order valence-corrected chi connectivity index (χ4v) is 3.57. The highest BCUT2D eigenvalue weighted by atomic mass is 32.2. The molecule has 8 heteroatoms. The molecule has 26 heavy (non-hydrogen) atoms. The lowest BCUT2D eigenvalue weighted by molar-refractivity contribution is -0.131. The molecule has 0 aliphatic carbocycles. The minimum absolute atomic E-state index is 0.0105. The Morgan fingerprint density at radius 2 is 2.15 bits per heavy atom. The molecule has 1 aliphatic rings. The van der Waals surface area contributed by atoms with Gasteiger partial charge in [-0.1, -0.05) is 0 Å². The lowest BCUT2D eigenvalue weighted by atomic mass is 10.3. The van der Waals surface area contributed by atoms with Crippen LogP contribution in [-0.2, 0) is 11.3 Å². The number of aliphatic hydroxyl groups excluding tert-OH is 1. The first kappa shape index (κ1) is 18.6. The van der Waals surface area contributed by atoms with E-state index in [0.29, 0.717) is 38.5 Å². The maximum Gasteiger partial charge on any atom is 0.223 e. The number of hydrogen-bond acceptors (Lipinski definition) is 6. The number of nitrogens with zero attached hydrogens (tertiary/aromatic N) is 2. The van der Waals surface area contributed by atoms with Crippen molar-refractivity contribution in [2.24, 2.45) is 0 Å². The molecule has 3 rings (SSSR count). The molecule has 2 aromatic rings. The minimum atomic E-state index is -0.0613. The SMILES string of the molecule is Cc1ncc(CN(CCO)C(=O)CCSc2ccc3c(c2)OCCO3)[nH]1. The average Bonchev–Trinajstić information content (AvgIpc) is 3.06. The second-order valence-electron chi connectivity index (χ2n) is 5.94. The second-order valence-corrected chi connectivity index (χ2v) is 7.11. The Labute approximate surface area is 156 Å². The van der Waals surface area contributed by atoms with Crippen molar-refractivity contribution in [1.82, 2.24) is 14.9 Å². The molecule has 0 bridgehead atoms. The predicted octanol–water partition coefficient (Wildman–Crippen LogP) is 1.99. The van der Waals surface area contributed by atoms with E-state index in [9.17, 15) is 9.90 Å². The van der Waals surface area contributed by atoms with Gasteiger partial charge in [0.15, 0.2) is 11.5 Å². The summed E-state index contributed by atoms with van der Waals surface area (Å²) in [5.41, 5.74) is 0.865. The monoisotopic (exact) mass is 377 g/mol. The third-order valence-corrected chi connectivity index (χ3v) is 4.93. The van der Waals surface area contributed by atoms with E-state index in [-0.39, 0.29) is 12.5 Å². The average molecular weight is 377 g/mol. The number of thioether (sulfide) groups is 1. The van der Waals surface area contributed by atoms with Crippen LogP contribution in [-0.4, -0.2) is 58.0 Å². The Balaban J connectivity index is 1.51. The Hall–Kier alpha value is -2.19. The molecule has 0 saturated heterocycles. The van der Waals surface area contributed by atoms with Crippen molar-refractivity contribution >= 4 is 17.7 Å². The summed E-state index contributed by atoms with van der Waals surface area (Å²) in [4.78, 5) is 22.4. The number of aliphatic hydroxyl groups is 1. The summed E-state index contributed by atoms with van der Waals surface area (Å²) in [5.74, 6) is 2.99. The van der Waals surface area contributed by atoms with E-state index >= 15 is 0 Å². The van der Waals surface area contributed by atoms with Crippen LogP contribution in [0.5, 0.6) is 11.5 Å². The summed E-state index contributed by atoms with van der Waals surface area (Å²) in [6, 6.07) is 5.82. The number of H-pyrrole nitrogens is 1. The zero-order valence-electron chi connectivity index (χ0n) is 14.7. The van der Waals surface area contributed by atoms with Crippen LogP contribution in [0, 0.1) is 6.92 Å². The van der Waals surface area contributed by atoms with E-state index in [1.807, 2.05) is 25.1 Å². The minimum Gasteiger partial charge on any atom is -0.486 e. The van der Waals surface area contributed by atoms with E-state index in [0.717, 1.165) is 27.9 Å². The normalized spacial score (nSPS) is 12.8. The number of rotatable bonds is 8. The third-order valence-electron chi connectivity index (χ3n) is 3.94. The molecule has 2 N–H and O–H groups in total. The van der Waals surface area contributed by atoms with Crippen LogP contribution in [0.3, 0.4) is 0 Å². The number of imidazole rings is 1. The van der Waals surface area contributed by atoms with Gasteiger partial charge in [0.1, 0.15) is 19.0 Å². The Kier molecular flexibility index (Phi) is 6.40. The number of aryl methyl sites for hydroxylation is 1. The molecule has 1 amide bonds. The third kappa shape index (κ3) is 4.92. The molecule has 0 fully saturated rings. The predicted molar refractivity (Wildman–Crippen MR) is 98.6 cm³/mol. The summed E-state index contributed by atoms with van der Waals surface area (Å²) < 4.78 is 11.1. The summed E-state index contributed by atoms with van der Waals surface area (Å²) in [7, 11) is 0. The van der Waals surface area contributed by atoms with Crippen LogP contribution in [0.25, 0.3) is 0 Å². The van der Waals surface area contributed by atoms with Gasteiger partial charge in [-0.3, -0.25) is 4.79 Å². The summed E-state index contributed by atoms with van der Waals surface area (Å²) in [5, 5.41) is 9.23. The van der Waals surface area contributed by atoms with E-state index in [1.165, 1.54) is 0 Å². The molecule has 2 heterocycles. The summed E-state index contributed by atoms with van der Waals surface area (Å²) in [6.45, 7) is 3.67. The van der Waals surface area contributed by atoms with E-state index in [2.05, 4.69) is 9.97 Å². The quantitative estimate of drug-likeness (QED) is 0.684. The molecular formula is C18H23N3O4S. The fraction of sp³-hybridized carbons (Fsp3) is 0.444. The van der Waals surface area contributed by atoms with Gasteiger partial charge in [0.05, 0.1) is 25.0 Å². The molecule has 0 unspecified atom stereocenters. The van der Waals surface area contributed by atoms with Crippen LogP contribution in [0.4, 0.5) is 0 Å². The number of carbonyl (C=O) groups excluding carboxylic acids is 1. The van der Waals surface area contributed by atoms with Gasteiger partial charge >= 0.3 is 0 Å². The maximum atomic E-state index is 12.5. The van der Waals surface area contributed by atoms with Crippen LogP contribution in [0.1, 0.15) is 17.9 Å². The molecule has 1 aliphatic heterocycles. The van der Waals surface area contributed by atoms with Gasteiger partial charge in [-0.15, -0.1) is 11.8 Å². The first-order chi connectivity index (χ1) is 12.7. The van der Waals surface area contributed by atoms with Crippen molar-refractivity contribution in [3.8, 4) is 11.5 Å². The van der Waals surface area contributed by atoms with Gasteiger partial charge in [0.2, 0.25) is 5.91 Å². The first-order valence-corrected chi connectivity index (χ1v) is 9.56. The molecule has 1 aromatic carbocycles. The standard InChI is InChI=1S/C18H23N3O4S/c1-13-19-11-14(20-13)12-21(5-6-22)18(23)4-9-26-15-2-3-16-17(10-15)25-8-7-24-16/h2-3,10-11,22H,4-9,12H2,1H3,(H,19,20). The Morgan fingerprint density at radius 3 is 2.88 bits per heavy atom. The number of amides is 1. The van der Waals surface area contributed by atoms with Gasteiger partial charge in [0.25, 0.3) is 0 Å². The lowest BCUT2D eigenvalue weighted by Gasteiger charge is -2.21. The highest BCUT2D eigenvalue weighted by Gasteiger charge is 2.16. The number of benzene rings is 1. The number of aromatic nitrogens is 2. The van der Waals surface area contributed by atoms with Crippen molar-refractivity contribution in [2.45, 2.75) is 24.8 Å². The molecule has 0 saturated carbocycles. The molecule has 0 atom stereocenters. The zero-order chi connectivity index (χ0) is 18.4. The Bertz CT molecular complexity index is 750. The van der Waals surface area contributed by atoms with Crippen LogP contribution in [0.15, 0.2) is 29.3 Å².